The average Bonchev–Trinajstić information content (AvgIpc) is 2.16. The molecule has 0 aliphatic rings. The van der Waals surface area contributed by atoms with Crippen molar-refractivity contribution in [3.8, 4) is 12.3 Å². The maximum absolute atomic E-state index is 11.2. The van der Waals surface area contributed by atoms with E-state index in [4.69, 9.17) is 17.3 Å². The summed E-state index contributed by atoms with van der Waals surface area (Å²) in [6, 6.07) is -1.31. The van der Waals surface area contributed by atoms with Gasteiger partial charge in [0.05, 0.1) is 19.5 Å². The molecule has 0 aromatic carbocycles. The summed E-state index contributed by atoms with van der Waals surface area (Å²) in [7, 11) is 0. The van der Waals surface area contributed by atoms with Crippen molar-refractivity contribution in [2.45, 2.75) is 12.5 Å². The van der Waals surface area contributed by atoms with Crippen LogP contribution < -0.4 is 16.4 Å². The van der Waals surface area contributed by atoms with Gasteiger partial charge in [-0.2, -0.15) is 0 Å². The second kappa shape index (κ2) is 7.25. The van der Waals surface area contributed by atoms with Crippen LogP contribution in [-0.4, -0.2) is 42.0 Å². The number of rotatable bonds is 7. The number of nitrogens with two attached hydrogens (primary N) is 1. The number of nitrogens with one attached hydrogen (secondary N) is 2. The van der Waals surface area contributed by atoms with Crippen LogP contribution in [0.25, 0.3) is 0 Å². The zero-order valence-corrected chi connectivity index (χ0v) is 8.53. The van der Waals surface area contributed by atoms with Crippen LogP contribution in [0.3, 0.4) is 0 Å². The fourth-order valence-electron chi connectivity index (χ4n) is 0.895. The topological polar surface area (TPSA) is 122 Å². The summed E-state index contributed by atoms with van der Waals surface area (Å²) in [5.74, 6) is -0.433. The van der Waals surface area contributed by atoms with Crippen molar-refractivity contribution in [3.63, 3.8) is 0 Å². The largest absolute Gasteiger partial charge is 0.480 e. The Morgan fingerprint density at radius 3 is 2.50 bits per heavy atom. The molecule has 2 amide bonds. The van der Waals surface area contributed by atoms with Crippen LogP contribution in [0.4, 0.5) is 0 Å². The van der Waals surface area contributed by atoms with Crippen LogP contribution in [0.1, 0.15) is 6.42 Å². The molecule has 0 spiro atoms. The van der Waals surface area contributed by atoms with Crippen molar-refractivity contribution in [1.29, 1.82) is 0 Å². The third kappa shape index (κ3) is 6.39. The molecule has 7 heteroatoms. The monoisotopic (exact) mass is 227 g/mol. The second-order valence-electron chi connectivity index (χ2n) is 2.94. The highest BCUT2D eigenvalue weighted by molar-refractivity contribution is 5.88. The van der Waals surface area contributed by atoms with E-state index in [1.54, 1.807) is 0 Å². The maximum atomic E-state index is 11.2. The van der Waals surface area contributed by atoms with E-state index >= 15 is 0 Å². The molecule has 16 heavy (non-hydrogen) atoms. The molecule has 0 saturated carbocycles. The van der Waals surface area contributed by atoms with Crippen molar-refractivity contribution in [1.82, 2.24) is 10.6 Å². The first-order valence-corrected chi connectivity index (χ1v) is 4.42. The van der Waals surface area contributed by atoms with E-state index in [1.807, 2.05) is 0 Å². The highest BCUT2D eigenvalue weighted by atomic mass is 16.4. The Labute approximate surface area is 92.4 Å². The van der Waals surface area contributed by atoms with E-state index < -0.39 is 30.2 Å². The number of hydrogen-bond acceptors (Lipinski definition) is 4. The minimum atomic E-state index is -1.32. The molecule has 7 nitrogen and oxygen atoms in total. The van der Waals surface area contributed by atoms with Crippen molar-refractivity contribution >= 4 is 17.8 Å². The number of carboxylic acid groups (broad SMARTS) is 1. The molecule has 0 bridgehead atoms. The van der Waals surface area contributed by atoms with Gasteiger partial charge in [-0.1, -0.05) is 5.92 Å². The number of terminal acetylenes is 1. The number of aliphatic carboxylic acids is 1. The summed E-state index contributed by atoms with van der Waals surface area (Å²) in [4.78, 5) is 32.3. The van der Waals surface area contributed by atoms with Crippen molar-refractivity contribution in [2.75, 3.05) is 13.1 Å². The number of carboxylic acids is 1. The van der Waals surface area contributed by atoms with Gasteiger partial charge in [-0.05, 0) is 0 Å². The predicted molar refractivity (Wildman–Crippen MR) is 55.1 cm³/mol. The molecular weight excluding hydrogens is 214 g/mol. The minimum Gasteiger partial charge on any atom is -0.480 e. The molecule has 0 unspecified atom stereocenters. The number of amides is 2. The van der Waals surface area contributed by atoms with Crippen LogP contribution in [0.2, 0.25) is 0 Å². The van der Waals surface area contributed by atoms with E-state index in [-0.39, 0.29) is 13.1 Å². The van der Waals surface area contributed by atoms with Crippen LogP contribution in [0, 0.1) is 12.3 Å². The fourth-order valence-corrected chi connectivity index (χ4v) is 0.895. The quantitative estimate of drug-likeness (QED) is 0.286. The lowest BCUT2D eigenvalue weighted by atomic mass is 10.2. The van der Waals surface area contributed by atoms with Gasteiger partial charge in [-0.25, -0.2) is 4.79 Å². The third-order valence-corrected chi connectivity index (χ3v) is 1.55. The molecule has 1 atom stereocenters. The van der Waals surface area contributed by atoms with Gasteiger partial charge in [0.15, 0.2) is 0 Å². The molecule has 0 saturated heterocycles. The second-order valence-corrected chi connectivity index (χ2v) is 2.94. The molecule has 5 N–H and O–H groups in total. The van der Waals surface area contributed by atoms with Crippen molar-refractivity contribution < 1.29 is 19.5 Å². The van der Waals surface area contributed by atoms with Crippen LogP contribution >= 0.6 is 0 Å². The summed E-state index contributed by atoms with van der Waals surface area (Å²) in [5.41, 5.74) is 4.83. The molecule has 0 aliphatic carbocycles. The third-order valence-electron chi connectivity index (χ3n) is 1.55. The highest BCUT2D eigenvalue weighted by Crippen LogP contribution is 1.91. The number of carbonyl (C=O) groups excluding carboxylic acids is 2. The van der Waals surface area contributed by atoms with E-state index in [9.17, 15) is 14.4 Å². The first-order valence-electron chi connectivity index (χ1n) is 4.42. The van der Waals surface area contributed by atoms with Crippen LogP contribution in [0.15, 0.2) is 0 Å². The van der Waals surface area contributed by atoms with Gasteiger partial charge >= 0.3 is 5.97 Å². The normalized spacial score (nSPS) is 11.2. The molecule has 0 aromatic heterocycles. The Bertz CT molecular complexity index is 321. The van der Waals surface area contributed by atoms with E-state index in [0.717, 1.165) is 0 Å². The van der Waals surface area contributed by atoms with Gasteiger partial charge in [0.25, 0.3) is 0 Å². The number of primary amides is 1. The number of hydrogen-bond donors (Lipinski definition) is 4. The molecule has 88 valence electrons. The molecule has 0 rings (SSSR count). The van der Waals surface area contributed by atoms with Gasteiger partial charge in [-0.15, -0.1) is 6.42 Å². The SMILES string of the molecule is C#CCNCC(=O)N[C@H](CC(N)=O)C(=O)O. The summed E-state index contributed by atoms with van der Waals surface area (Å²) in [6.07, 6.45) is 4.48. The molecule has 0 fully saturated rings. The zero-order valence-electron chi connectivity index (χ0n) is 8.53. The molecule has 0 radical (unpaired) electrons. The molecule has 0 aliphatic heterocycles. The first kappa shape index (κ1) is 13.9. The molecule has 0 aromatic rings. The van der Waals surface area contributed by atoms with Crippen molar-refractivity contribution in [2.24, 2.45) is 5.73 Å². The fraction of sp³-hybridized carbons (Fsp3) is 0.444. The van der Waals surface area contributed by atoms with E-state index in [0.29, 0.717) is 0 Å². The summed E-state index contributed by atoms with van der Waals surface area (Å²) in [6.45, 7) is 0.0771. The first-order chi connectivity index (χ1) is 7.47. The van der Waals surface area contributed by atoms with Gasteiger partial charge < -0.3 is 16.2 Å². The van der Waals surface area contributed by atoms with Gasteiger partial charge in [0.2, 0.25) is 11.8 Å². The predicted octanol–water partition coefficient (Wildman–Crippen LogP) is -2.35. The maximum Gasteiger partial charge on any atom is 0.326 e. The van der Waals surface area contributed by atoms with Gasteiger partial charge in [0.1, 0.15) is 6.04 Å². The van der Waals surface area contributed by atoms with Crippen LogP contribution in [0.5, 0.6) is 0 Å². The van der Waals surface area contributed by atoms with Crippen LogP contribution in [-0.2, 0) is 14.4 Å². The summed E-state index contributed by atoms with van der Waals surface area (Å²) >= 11 is 0. The lowest BCUT2D eigenvalue weighted by molar-refractivity contribution is -0.143. The molecular formula is C9H13N3O4. The lowest BCUT2D eigenvalue weighted by Gasteiger charge is -2.12. The lowest BCUT2D eigenvalue weighted by Crippen LogP contribution is -2.46. The van der Waals surface area contributed by atoms with Gasteiger partial charge in [-0.3, -0.25) is 14.9 Å². The average molecular weight is 227 g/mol. The van der Waals surface area contributed by atoms with Gasteiger partial charge in [0, 0.05) is 0 Å². The van der Waals surface area contributed by atoms with E-state index in [2.05, 4.69) is 16.6 Å². The Balaban J connectivity index is 4.09. The number of carbonyl (C=O) groups is 3. The minimum absolute atomic E-state index is 0.118. The highest BCUT2D eigenvalue weighted by Gasteiger charge is 2.21. The standard InChI is InChI=1S/C9H13N3O4/c1-2-3-11-5-8(14)12-6(9(15)16)4-7(10)13/h1,6,11H,3-5H2,(H2,10,13)(H,12,14)(H,15,16)/t6-/m1/s1. The Morgan fingerprint density at radius 1 is 1.44 bits per heavy atom. The Kier molecular flexibility index (Phi) is 6.31. The summed E-state index contributed by atoms with van der Waals surface area (Å²) < 4.78 is 0. The van der Waals surface area contributed by atoms with E-state index in [1.165, 1.54) is 0 Å². The smallest absolute Gasteiger partial charge is 0.326 e. The summed E-state index contributed by atoms with van der Waals surface area (Å²) in [5, 5.41) is 13.4. The molecule has 0 heterocycles. The zero-order chi connectivity index (χ0) is 12.6. The Hall–Kier alpha value is -2.07. The van der Waals surface area contributed by atoms with Crippen molar-refractivity contribution in [3.05, 3.63) is 0 Å². The Morgan fingerprint density at radius 2 is 2.06 bits per heavy atom.